The van der Waals surface area contributed by atoms with E-state index in [0.717, 1.165) is 12.5 Å². The van der Waals surface area contributed by atoms with Crippen molar-refractivity contribution >= 4 is 11.7 Å². The first-order chi connectivity index (χ1) is 9.52. The van der Waals surface area contributed by atoms with Gasteiger partial charge >= 0.3 is 0 Å². The molecule has 0 aromatic heterocycles. The highest BCUT2D eigenvalue weighted by Gasteiger charge is 2.30. The van der Waals surface area contributed by atoms with Gasteiger partial charge in [-0.2, -0.15) is 0 Å². The molecule has 2 N–H and O–H groups in total. The van der Waals surface area contributed by atoms with Gasteiger partial charge in [-0.3, -0.25) is 14.5 Å². The fourth-order valence-electron chi connectivity index (χ4n) is 2.45. The number of nitrogens with two attached hydrogens (primary N) is 1. The molecule has 0 aliphatic carbocycles. The molecule has 1 aliphatic rings. The minimum absolute atomic E-state index is 0.0688. The summed E-state index contributed by atoms with van der Waals surface area (Å²) in [5.74, 6) is -1.14. The molecular weight excluding hydrogens is 263 g/mol. The number of carbonyl (C=O) groups is 2. The summed E-state index contributed by atoms with van der Waals surface area (Å²) >= 11 is 0. The third-order valence-electron chi connectivity index (χ3n) is 3.51. The quantitative estimate of drug-likeness (QED) is 0.816. The lowest BCUT2D eigenvalue weighted by atomic mass is 10.1. The fraction of sp³-hybridized carbons (Fsp3) is 0.429. The SMILES string of the molecule is COc1ccc(C(=O)CN2CCCC2C(N)=O)cc1F. The Bertz CT molecular complexity index is 533. The molecule has 6 heteroatoms. The number of nitrogens with zero attached hydrogens (tertiary/aromatic N) is 1. The van der Waals surface area contributed by atoms with Gasteiger partial charge in [-0.25, -0.2) is 4.39 Å². The van der Waals surface area contributed by atoms with Crippen LogP contribution in [0.3, 0.4) is 0 Å². The zero-order valence-corrected chi connectivity index (χ0v) is 11.3. The molecule has 1 saturated heterocycles. The van der Waals surface area contributed by atoms with E-state index in [4.69, 9.17) is 10.5 Å². The summed E-state index contributed by atoms with van der Waals surface area (Å²) in [6.07, 6.45) is 1.50. The van der Waals surface area contributed by atoms with E-state index in [2.05, 4.69) is 0 Å². The molecule has 1 atom stereocenters. The summed E-state index contributed by atoms with van der Waals surface area (Å²) in [7, 11) is 1.36. The molecule has 1 unspecified atom stereocenters. The molecule has 5 nitrogen and oxygen atoms in total. The Morgan fingerprint density at radius 3 is 2.85 bits per heavy atom. The smallest absolute Gasteiger partial charge is 0.234 e. The zero-order valence-electron chi connectivity index (χ0n) is 11.3. The van der Waals surface area contributed by atoms with Crippen molar-refractivity contribution in [2.45, 2.75) is 18.9 Å². The van der Waals surface area contributed by atoms with Crippen molar-refractivity contribution in [1.29, 1.82) is 0 Å². The van der Waals surface area contributed by atoms with Gasteiger partial charge in [0.2, 0.25) is 5.91 Å². The average Bonchev–Trinajstić information content (AvgIpc) is 2.86. The van der Waals surface area contributed by atoms with Gasteiger partial charge in [-0.05, 0) is 37.6 Å². The summed E-state index contributed by atoms with van der Waals surface area (Å²) < 4.78 is 18.4. The van der Waals surface area contributed by atoms with Crippen LogP contribution in [0.1, 0.15) is 23.2 Å². The number of primary amides is 1. The highest BCUT2D eigenvalue weighted by atomic mass is 19.1. The molecule has 1 aromatic rings. The fourth-order valence-corrected chi connectivity index (χ4v) is 2.45. The lowest BCUT2D eigenvalue weighted by Crippen LogP contribution is -2.42. The third kappa shape index (κ3) is 2.96. The van der Waals surface area contributed by atoms with Crippen LogP contribution in [0.4, 0.5) is 4.39 Å². The topological polar surface area (TPSA) is 72.6 Å². The Labute approximate surface area is 116 Å². The summed E-state index contributed by atoms with van der Waals surface area (Å²) in [5.41, 5.74) is 5.56. The number of amides is 1. The number of rotatable bonds is 5. The highest BCUT2D eigenvalue weighted by molar-refractivity contribution is 5.98. The molecule has 0 bridgehead atoms. The van der Waals surface area contributed by atoms with E-state index in [0.29, 0.717) is 13.0 Å². The van der Waals surface area contributed by atoms with Gasteiger partial charge in [-0.1, -0.05) is 0 Å². The number of carbonyl (C=O) groups excluding carboxylic acids is 2. The molecule has 0 radical (unpaired) electrons. The van der Waals surface area contributed by atoms with E-state index >= 15 is 0 Å². The molecular formula is C14H17FN2O3. The van der Waals surface area contributed by atoms with E-state index in [-0.39, 0.29) is 23.6 Å². The number of halogens is 1. The van der Waals surface area contributed by atoms with Crippen LogP contribution in [0.15, 0.2) is 18.2 Å². The Morgan fingerprint density at radius 1 is 1.50 bits per heavy atom. The van der Waals surface area contributed by atoms with Gasteiger partial charge in [0.1, 0.15) is 0 Å². The second-order valence-electron chi connectivity index (χ2n) is 4.80. The Kier molecular flexibility index (Phi) is 4.34. The second-order valence-corrected chi connectivity index (χ2v) is 4.80. The molecule has 1 heterocycles. The van der Waals surface area contributed by atoms with Crippen molar-refractivity contribution in [2.24, 2.45) is 5.73 Å². The van der Waals surface area contributed by atoms with Crippen molar-refractivity contribution in [1.82, 2.24) is 4.90 Å². The Balaban J connectivity index is 2.08. The average molecular weight is 280 g/mol. The van der Waals surface area contributed by atoms with Crippen molar-refractivity contribution in [3.8, 4) is 5.75 Å². The maximum atomic E-state index is 13.6. The lowest BCUT2D eigenvalue weighted by Gasteiger charge is -2.20. The van der Waals surface area contributed by atoms with E-state index in [9.17, 15) is 14.0 Å². The molecule has 20 heavy (non-hydrogen) atoms. The Hall–Kier alpha value is -1.95. The largest absolute Gasteiger partial charge is 0.494 e. The lowest BCUT2D eigenvalue weighted by molar-refractivity contribution is -0.122. The van der Waals surface area contributed by atoms with Crippen LogP contribution in [0.2, 0.25) is 0 Å². The van der Waals surface area contributed by atoms with Crippen LogP contribution >= 0.6 is 0 Å². The number of ether oxygens (including phenoxy) is 1. The highest BCUT2D eigenvalue weighted by Crippen LogP contribution is 2.20. The van der Waals surface area contributed by atoms with Crippen molar-refractivity contribution < 1.29 is 18.7 Å². The van der Waals surface area contributed by atoms with Crippen LogP contribution in [-0.4, -0.2) is 42.8 Å². The number of Topliss-reactive ketones (excluding diaryl/α,β-unsaturated/α-hetero) is 1. The van der Waals surface area contributed by atoms with Crippen LogP contribution in [0.25, 0.3) is 0 Å². The van der Waals surface area contributed by atoms with Crippen molar-refractivity contribution in [3.05, 3.63) is 29.6 Å². The number of benzene rings is 1. The van der Waals surface area contributed by atoms with E-state index in [1.54, 1.807) is 4.90 Å². The number of ketones is 1. The van der Waals surface area contributed by atoms with Gasteiger partial charge in [-0.15, -0.1) is 0 Å². The summed E-state index contributed by atoms with van der Waals surface area (Å²) in [5, 5.41) is 0. The molecule has 1 aliphatic heterocycles. The van der Waals surface area contributed by atoms with Gasteiger partial charge in [0, 0.05) is 5.56 Å². The number of methoxy groups -OCH3 is 1. The minimum Gasteiger partial charge on any atom is -0.494 e. The molecule has 1 fully saturated rings. The van der Waals surface area contributed by atoms with Crippen LogP contribution < -0.4 is 10.5 Å². The monoisotopic (exact) mass is 280 g/mol. The summed E-state index contributed by atoms with van der Waals surface area (Å²) in [6, 6.07) is 3.68. The first-order valence-electron chi connectivity index (χ1n) is 6.43. The normalized spacial score (nSPS) is 19.0. The molecule has 1 aromatic carbocycles. The predicted octanol–water partition coefficient (Wildman–Crippen LogP) is 0.967. The van der Waals surface area contributed by atoms with Crippen LogP contribution in [0.5, 0.6) is 5.75 Å². The molecule has 0 spiro atoms. The summed E-state index contributed by atoms with van der Waals surface area (Å²) in [6.45, 7) is 0.720. The maximum absolute atomic E-state index is 13.6. The molecule has 2 rings (SSSR count). The first-order valence-corrected chi connectivity index (χ1v) is 6.43. The predicted molar refractivity (Wildman–Crippen MR) is 71.1 cm³/mol. The van der Waals surface area contributed by atoms with Gasteiger partial charge < -0.3 is 10.5 Å². The number of likely N-dealkylation sites (tertiary alicyclic amines) is 1. The van der Waals surface area contributed by atoms with Crippen LogP contribution in [0, 0.1) is 5.82 Å². The standard InChI is InChI=1S/C14H17FN2O3/c1-20-13-5-4-9(7-10(13)15)12(18)8-17-6-2-3-11(17)14(16)19/h4-5,7,11H,2-3,6,8H2,1H3,(H2,16,19). The molecule has 0 saturated carbocycles. The maximum Gasteiger partial charge on any atom is 0.234 e. The number of hydrogen-bond acceptors (Lipinski definition) is 4. The van der Waals surface area contributed by atoms with E-state index < -0.39 is 17.8 Å². The molecule has 1 amide bonds. The van der Waals surface area contributed by atoms with Crippen LogP contribution in [-0.2, 0) is 4.79 Å². The molecule has 108 valence electrons. The number of hydrogen-bond donors (Lipinski definition) is 1. The minimum atomic E-state index is -0.578. The van der Waals surface area contributed by atoms with Crippen molar-refractivity contribution in [2.75, 3.05) is 20.2 Å². The van der Waals surface area contributed by atoms with E-state index in [1.807, 2.05) is 0 Å². The zero-order chi connectivity index (χ0) is 14.7. The van der Waals surface area contributed by atoms with Gasteiger partial charge in [0.05, 0.1) is 19.7 Å². The first kappa shape index (κ1) is 14.5. The van der Waals surface area contributed by atoms with Gasteiger partial charge in [0.25, 0.3) is 0 Å². The van der Waals surface area contributed by atoms with E-state index in [1.165, 1.54) is 19.2 Å². The van der Waals surface area contributed by atoms with Crippen molar-refractivity contribution in [3.63, 3.8) is 0 Å². The summed E-state index contributed by atoms with van der Waals surface area (Å²) in [4.78, 5) is 25.1. The third-order valence-corrected chi connectivity index (χ3v) is 3.51. The second kappa shape index (κ2) is 6.00. The Morgan fingerprint density at radius 2 is 2.25 bits per heavy atom. The van der Waals surface area contributed by atoms with Gasteiger partial charge in [0.15, 0.2) is 17.3 Å².